The van der Waals surface area contributed by atoms with Crippen LogP contribution in [0, 0.1) is 0 Å². The molecule has 4 rings (SSSR count). The number of nitrogens with zero attached hydrogens (tertiary/aromatic N) is 2. The second-order valence-electron chi connectivity index (χ2n) is 8.02. The van der Waals surface area contributed by atoms with Crippen LogP contribution < -0.4 is 9.47 Å². The van der Waals surface area contributed by atoms with Gasteiger partial charge in [0.2, 0.25) is 0 Å². The average molecular weight is 507 g/mol. The lowest BCUT2D eigenvalue weighted by Gasteiger charge is -2.30. The van der Waals surface area contributed by atoms with Crippen LogP contribution in [0.3, 0.4) is 0 Å². The summed E-state index contributed by atoms with van der Waals surface area (Å²) in [6.07, 6.45) is 6.75. The van der Waals surface area contributed by atoms with Crippen molar-refractivity contribution in [2.45, 2.75) is 31.9 Å². The second-order valence-corrected chi connectivity index (χ2v) is 8.88. The molecule has 0 radical (unpaired) electrons. The fraction of sp³-hybridized carbons (Fsp3) is 0.259. The third-order valence-corrected chi connectivity index (χ3v) is 6.44. The van der Waals surface area contributed by atoms with Gasteiger partial charge in [-0.15, -0.1) is 0 Å². The summed E-state index contributed by atoms with van der Waals surface area (Å²) < 4.78 is 12.3. The maximum atomic E-state index is 13.5. The molecule has 33 heavy (non-hydrogen) atoms. The molecule has 1 atom stereocenters. The molecule has 0 spiro atoms. The van der Waals surface area contributed by atoms with E-state index < -0.39 is 0 Å². The topological polar surface area (TPSA) is 51.7 Å². The van der Waals surface area contributed by atoms with Crippen LogP contribution in [0.15, 0.2) is 77.4 Å². The summed E-state index contributed by atoms with van der Waals surface area (Å²) in [4.78, 5) is 19.6. The average Bonchev–Trinajstić information content (AvgIpc) is 2.88. The summed E-state index contributed by atoms with van der Waals surface area (Å²) in [6.45, 7) is 0.356. The highest BCUT2D eigenvalue weighted by Crippen LogP contribution is 2.38. The molecule has 5 nitrogen and oxygen atoms in total. The Labute approximate surface area is 203 Å². The fourth-order valence-electron chi connectivity index (χ4n) is 4.08. The number of pyridine rings is 1. The van der Waals surface area contributed by atoms with Crippen LogP contribution in [0.5, 0.6) is 11.5 Å². The number of aromatic nitrogens is 1. The molecule has 1 aliphatic carbocycles. The number of likely N-dealkylation sites (N-methyl/N-ethyl adjacent to an activating group) is 1. The quantitative estimate of drug-likeness (QED) is 0.386. The van der Waals surface area contributed by atoms with Crippen molar-refractivity contribution in [2.75, 3.05) is 14.2 Å². The van der Waals surface area contributed by atoms with Gasteiger partial charge in [-0.3, -0.25) is 4.79 Å². The van der Waals surface area contributed by atoms with E-state index in [9.17, 15) is 4.79 Å². The first-order valence-corrected chi connectivity index (χ1v) is 11.8. The predicted octanol–water partition coefficient (Wildman–Crippen LogP) is 6.14. The lowest BCUT2D eigenvalue weighted by molar-refractivity contribution is 0.0741. The number of rotatable bonds is 7. The number of halogens is 1. The number of carbonyl (C=O) groups is 1. The van der Waals surface area contributed by atoms with Gasteiger partial charge < -0.3 is 14.4 Å². The van der Waals surface area contributed by atoms with Crippen LogP contribution in [0.2, 0.25) is 0 Å². The third kappa shape index (κ3) is 5.28. The summed E-state index contributed by atoms with van der Waals surface area (Å²) in [5.41, 5.74) is 3.74. The van der Waals surface area contributed by atoms with Crippen LogP contribution >= 0.6 is 15.9 Å². The van der Waals surface area contributed by atoms with Gasteiger partial charge in [-0.1, -0.05) is 66.7 Å². The van der Waals surface area contributed by atoms with Crippen molar-refractivity contribution in [3.05, 3.63) is 94.2 Å². The van der Waals surface area contributed by atoms with Gasteiger partial charge in [-0.25, -0.2) is 4.98 Å². The predicted molar refractivity (Wildman–Crippen MR) is 133 cm³/mol. The highest BCUT2D eigenvalue weighted by molar-refractivity contribution is 9.10. The Morgan fingerprint density at radius 2 is 1.79 bits per heavy atom. The van der Waals surface area contributed by atoms with E-state index in [2.05, 4.69) is 39.1 Å². The molecule has 1 heterocycles. The van der Waals surface area contributed by atoms with Crippen molar-refractivity contribution >= 4 is 27.4 Å². The highest BCUT2D eigenvalue weighted by atomic mass is 79.9. The van der Waals surface area contributed by atoms with Gasteiger partial charge in [0, 0.05) is 13.2 Å². The van der Waals surface area contributed by atoms with E-state index in [1.165, 1.54) is 18.2 Å². The molecule has 1 aliphatic rings. The SMILES string of the molecule is COc1c(C(=O)N(C)C2C=C(c3ccccc3)CCC2)ncc(Br)c1OCc1ccccc1. The third-order valence-electron chi connectivity index (χ3n) is 5.88. The molecule has 0 bridgehead atoms. The van der Waals surface area contributed by atoms with E-state index in [1.54, 1.807) is 11.1 Å². The maximum absolute atomic E-state index is 13.5. The minimum absolute atomic E-state index is 0.00899. The second kappa shape index (κ2) is 10.7. The van der Waals surface area contributed by atoms with Crippen LogP contribution in [0.4, 0.5) is 0 Å². The Morgan fingerprint density at radius 1 is 1.09 bits per heavy atom. The van der Waals surface area contributed by atoms with Gasteiger partial charge in [0.25, 0.3) is 5.91 Å². The zero-order chi connectivity index (χ0) is 23.2. The summed E-state index contributed by atoms with van der Waals surface area (Å²) in [7, 11) is 3.36. The van der Waals surface area contributed by atoms with Gasteiger partial charge in [-0.2, -0.15) is 0 Å². The smallest absolute Gasteiger partial charge is 0.276 e. The van der Waals surface area contributed by atoms with E-state index in [4.69, 9.17) is 9.47 Å². The molecule has 3 aromatic rings. The van der Waals surface area contributed by atoms with Gasteiger partial charge in [0.15, 0.2) is 17.2 Å². The van der Waals surface area contributed by atoms with E-state index in [1.807, 2.05) is 55.6 Å². The number of allylic oxidation sites excluding steroid dienone is 1. The van der Waals surface area contributed by atoms with Crippen LogP contribution in [-0.4, -0.2) is 36.0 Å². The lowest BCUT2D eigenvalue weighted by atomic mass is 9.90. The first-order valence-electron chi connectivity index (χ1n) is 11.0. The summed E-state index contributed by atoms with van der Waals surface area (Å²) in [6, 6.07) is 20.2. The maximum Gasteiger partial charge on any atom is 0.276 e. The number of amides is 1. The van der Waals surface area contributed by atoms with Crippen molar-refractivity contribution in [2.24, 2.45) is 0 Å². The number of ether oxygens (including phenoxy) is 2. The number of hydrogen-bond donors (Lipinski definition) is 0. The van der Waals surface area contributed by atoms with Crippen molar-refractivity contribution < 1.29 is 14.3 Å². The molecule has 1 unspecified atom stereocenters. The summed E-state index contributed by atoms with van der Waals surface area (Å²) >= 11 is 3.49. The zero-order valence-corrected chi connectivity index (χ0v) is 20.4. The first kappa shape index (κ1) is 23.1. The minimum Gasteiger partial charge on any atom is -0.491 e. The van der Waals surface area contributed by atoms with E-state index in [-0.39, 0.29) is 17.6 Å². The molecule has 0 N–H and O–H groups in total. The van der Waals surface area contributed by atoms with Crippen LogP contribution in [0.25, 0.3) is 5.57 Å². The molecule has 1 aromatic heterocycles. The molecule has 2 aromatic carbocycles. The Hall–Kier alpha value is -3.12. The van der Waals surface area contributed by atoms with E-state index in [0.717, 1.165) is 24.8 Å². The van der Waals surface area contributed by atoms with Crippen molar-refractivity contribution in [1.82, 2.24) is 9.88 Å². The van der Waals surface area contributed by atoms with Gasteiger partial charge >= 0.3 is 0 Å². The summed E-state index contributed by atoms with van der Waals surface area (Å²) in [5.74, 6) is 0.608. The van der Waals surface area contributed by atoms with Crippen LogP contribution in [-0.2, 0) is 6.61 Å². The monoisotopic (exact) mass is 506 g/mol. The number of hydrogen-bond acceptors (Lipinski definition) is 4. The molecule has 1 amide bonds. The number of carbonyl (C=O) groups excluding carboxylic acids is 1. The molecule has 0 aliphatic heterocycles. The number of methoxy groups -OCH3 is 1. The zero-order valence-electron chi connectivity index (χ0n) is 18.8. The summed E-state index contributed by atoms with van der Waals surface area (Å²) in [5, 5.41) is 0. The minimum atomic E-state index is -0.195. The van der Waals surface area contributed by atoms with E-state index >= 15 is 0 Å². The Bertz CT molecular complexity index is 1130. The van der Waals surface area contributed by atoms with Gasteiger partial charge in [0.05, 0.1) is 17.6 Å². The fourth-order valence-corrected chi connectivity index (χ4v) is 4.47. The normalized spacial score (nSPS) is 15.5. The van der Waals surface area contributed by atoms with Gasteiger partial charge in [-0.05, 0) is 51.9 Å². The molecular formula is C27H27BrN2O3. The van der Waals surface area contributed by atoms with Crippen molar-refractivity contribution in [3.8, 4) is 11.5 Å². The molecular weight excluding hydrogens is 480 g/mol. The Balaban J connectivity index is 1.58. The van der Waals surface area contributed by atoms with Crippen molar-refractivity contribution in [1.29, 1.82) is 0 Å². The highest BCUT2D eigenvalue weighted by Gasteiger charge is 2.28. The first-order chi connectivity index (χ1) is 16.1. The number of benzene rings is 2. The molecule has 170 valence electrons. The molecule has 0 saturated heterocycles. The Kier molecular flexibility index (Phi) is 7.45. The van der Waals surface area contributed by atoms with Crippen molar-refractivity contribution in [3.63, 3.8) is 0 Å². The standard InChI is InChI=1S/C27H27BrN2O3/c1-30(22-15-9-14-21(16-22)20-12-7-4-8-13-20)27(31)24-26(32-2)25(23(28)17-29-24)33-18-19-10-5-3-6-11-19/h3-8,10-13,16-17,22H,9,14-15,18H2,1-2H3. The molecule has 6 heteroatoms. The van der Waals surface area contributed by atoms with E-state index in [0.29, 0.717) is 22.6 Å². The molecule has 0 saturated carbocycles. The molecule has 0 fully saturated rings. The lowest BCUT2D eigenvalue weighted by Crippen LogP contribution is -2.37. The van der Waals surface area contributed by atoms with Crippen LogP contribution in [0.1, 0.15) is 40.9 Å². The Morgan fingerprint density at radius 3 is 2.48 bits per heavy atom. The largest absolute Gasteiger partial charge is 0.491 e. The van der Waals surface area contributed by atoms with Gasteiger partial charge in [0.1, 0.15) is 6.61 Å².